The Balaban J connectivity index is 0.000000391. The van der Waals surface area contributed by atoms with Gasteiger partial charge in [0.25, 0.3) is 0 Å². The maximum absolute atomic E-state index is 12.7. The Morgan fingerprint density at radius 1 is 1.19 bits per heavy atom. The molecule has 1 unspecified atom stereocenters. The molecule has 0 aliphatic heterocycles. The van der Waals surface area contributed by atoms with Gasteiger partial charge >= 0.3 is 0 Å². The summed E-state index contributed by atoms with van der Waals surface area (Å²) in [6.45, 7) is 3.17. The van der Waals surface area contributed by atoms with E-state index in [4.69, 9.17) is 15.2 Å². The standard InChI is InChI=1S/C18H21N3O3S.C5H11N/c1-13-16(19-9-8-17(13)24-11-5-10-23-2)12-25(22)18-20-14-6-3-4-7-15(14)21-18;6-5-3-1-2-4-5/h3-4,6-9H,5,10-12H2,1-2H3,(H,20,21);5H,1-4,6H2. The molecule has 0 saturated heterocycles. The molecule has 1 aliphatic carbocycles. The highest BCUT2D eigenvalue weighted by Gasteiger charge is 2.15. The molecular weight excluding hydrogens is 412 g/mol. The highest BCUT2D eigenvalue weighted by Crippen LogP contribution is 2.22. The minimum Gasteiger partial charge on any atom is -0.493 e. The minimum absolute atomic E-state index is 0.293. The van der Waals surface area contributed by atoms with Crippen molar-refractivity contribution in [2.45, 2.75) is 56.0 Å². The van der Waals surface area contributed by atoms with Crippen LogP contribution in [0.2, 0.25) is 0 Å². The van der Waals surface area contributed by atoms with Crippen molar-refractivity contribution in [3.8, 4) is 5.75 Å². The van der Waals surface area contributed by atoms with E-state index >= 15 is 0 Å². The summed E-state index contributed by atoms with van der Waals surface area (Å²) >= 11 is 0. The molecule has 4 rings (SSSR count). The minimum atomic E-state index is -1.30. The van der Waals surface area contributed by atoms with Gasteiger partial charge in [-0.05, 0) is 38.0 Å². The number of imidazole rings is 1. The molecule has 1 fully saturated rings. The van der Waals surface area contributed by atoms with E-state index in [9.17, 15) is 4.21 Å². The van der Waals surface area contributed by atoms with Crippen LogP contribution in [-0.4, -0.2) is 45.5 Å². The molecule has 2 aromatic heterocycles. The number of H-pyrrole nitrogens is 1. The predicted octanol–water partition coefficient (Wildman–Crippen LogP) is 3.88. The first-order valence-corrected chi connectivity index (χ1v) is 12.0. The van der Waals surface area contributed by atoms with Crippen molar-refractivity contribution in [2.75, 3.05) is 20.3 Å². The van der Waals surface area contributed by atoms with Gasteiger partial charge in [0.2, 0.25) is 0 Å². The summed E-state index contributed by atoms with van der Waals surface area (Å²) < 4.78 is 23.5. The number of methoxy groups -OCH3 is 1. The molecule has 31 heavy (non-hydrogen) atoms. The van der Waals surface area contributed by atoms with E-state index in [0.717, 1.165) is 34.5 Å². The molecule has 0 amide bonds. The van der Waals surface area contributed by atoms with Gasteiger partial charge in [-0.1, -0.05) is 25.0 Å². The van der Waals surface area contributed by atoms with Gasteiger partial charge in [-0.3, -0.25) is 9.19 Å². The zero-order valence-electron chi connectivity index (χ0n) is 18.3. The molecule has 3 aromatic rings. The van der Waals surface area contributed by atoms with Gasteiger partial charge in [0.15, 0.2) is 5.16 Å². The lowest BCUT2D eigenvalue weighted by atomic mass is 10.2. The van der Waals surface area contributed by atoms with Crippen LogP contribution in [0.5, 0.6) is 5.75 Å². The molecule has 0 spiro atoms. The highest BCUT2D eigenvalue weighted by atomic mass is 32.2. The second-order valence-electron chi connectivity index (χ2n) is 7.67. The Morgan fingerprint density at radius 2 is 1.97 bits per heavy atom. The number of nitrogens with one attached hydrogen (secondary N) is 1. The first-order chi connectivity index (χ1) is 15.1. The van der Waals surface area contributed by atoms with E-state index in [-0.39, 0.29) is 0 Å². The predicted molar refractivity (Wildman–Crippen MR) is 124 cm³/mol. The molecule has 2 heterocycles. The van der Waals surface area contributed by atoms with Crippen LogP contribution in [0.4, 0.5) is 0 Å². The maximum atomic E-state index is 12.7. The van der Waals surface area contributed by atoms with Crippen molar-refractivity contribution in [2.24, 2.45) is 5.73 Å². The number of nitrogens with zero attached hydrogens (tertiary/aromatic N) is 2. The van der Waals surface area contributed by atoms with Gasteiger partial charge in [0.05, 0.1) is 39.9 Å². The molecule has 0 radical (unpaired) electrons. The summed E-state index contributed by atoms with van der Waals surface area (Å²) in [6.07, 6.45) is 7.75. The molecule has 0 bridgehead atoms. The molecule has 1 saturated carbocycles. The van der Waals surface area contributed by atoms with Crippen LogP contribution in [-0.2, 0) is 21.3 Å². The first-order valence-electron chi connectivity index (χ1n) is 10.7. The number of fused-ring (bicyclic) bond motifs is 1. The lowest BCUT2D eigenvalue weighted by Crippen LogP contribution is -2.13. The van der Waals surface area contributed by atoms with Gasteiger partial charge < -0.3 is 20.2 Å². The molecule has 1 aromatic carbocycles. The fourth-order valence-corrected chi connectivity index (χ4v) is 4.53. The largest absolute Gasteiger partial charge is 0.493 e. The topological polar surface area (TPSA) is 103 Å². The number of pyridine rings is 1. The fourth-order valence-electron chi connectivity index (χ4n) is 3.43. The van der Waals surface area contributed by atoms with E-state index in [0.29, 0.717) is 30.2 Å². The third-order valence-electron chi connectivity index (χ3n) is 5.26. The lowest BCUT2D eigenvalue weighted by Gasteiger charge is -2.11. The van der Waals surface area contributed by atoms with Crippen molar-refractivity contribution < 1.29 is 13.7 Å². The number of ether oxygens (including phenoxy) is 2. The number of aromatic amines is 1. The number of rotatable bonds is 8. The molecule has 3 N–H and O–H groups in total. The normalized spacial score (nSPS) is 14.9. The number of benzene rings is 1. The van der Waals surface area contributed by atoms with Crippen molar-refractivity contribution >= 4 is 21.8 Å². The van der Waals surface area contributed by atoms with E-state index in [1.165, 1.54) is 25.7 Å². The third-order valence-corrected chi connectivity index (χ3v) is 6.42. The van der Waals surface area contributed by atoms with Crippen LogP contribution < -0.4 is 10.5 Å². The van der Waals surface area contributed by atoms with E-state index < -0.39 is 10.8 Å². The van der Waals surface area contributed by atoms with Gasteiger partial charge in [0, 0.05) is 37.9 Å². The van der Waals surface area contributed by atoms with Crippen LogP contribution in [0.25, 0.3) is 11.0 Å². The van der Waals surface area contributed by atoms with Gasteiger partial charge in [0.1, 0.15) is 5.75 Å². The summed E-state index contributed by atoms with van der Waals surface area (Å²) in [5, 5.41) is 0.466. The monoisotopic (exact) mass is 444 g/mol. The molecule has 7 nitrogen and oxygen atoms in total. The summed E-state index contributed by atoms with van der Waals surface area (Å²) in [4.78, 5) is 11.9. The van der Waals surface area contributed by atoms with Crippen LogP contribution >= 0.6 is 0 Å². The summed E-state index contributed by atoms with van der Waals surface area (Å²) in [6, 6.07) is 10.0. The SMILES string of the molecule is COCCCOc1ccnc(CS(=O)c2nc3ccccc3[nH]2)c1C.NC1CCCC1. The second-order valence-corrected chi connectivity index (χ2v) is 9.04. The van der Waals surface area contributed by atoms with Crippen LogP contribution in [0.1, 0.15) is 43.4 Å². The Labute approximate surface area is 186 Å². The van der Waals surface area contributed by atoms with Crippen molar-refractivity contribution in [3.63, 3.8) is 0 Å². The van der Waals surface area contributed by atoms with Crippen LogP contribution in [0.3, 0.4) is 0 Å². The van der Waals surface area contributed by atoms with Gasteiger partial charge in [-0.2, -0.15) is 0 Å². The third kappa shape index (κ3) is 6.85. The zero-order chi connectivity index (χ0) is 22.1. The molecule has 8 heteroatoms. The Bertz CT molecular complexity index is 953. The van der Waals surface area contributed by atoms with Gasteiger partial charge in [-0.15, -0.1) is 0 Å². The number of para-hydroxylation sites is 2. The lowest BCUT2D eigenvalue weighted by molar-refractivity contribution is 0.172. The highest BCUT2D eigenvalue weighted by molar-refractivity contribution is 7.84. The van der Waals surface area contributed by atoms with Crippen LogP contribution in [0, 0.1) is 6.92 Å². The smallest absolute Gasteiger partial charge is 0.197 e. The molecule has 1 aliphatic rings. The summed E-state index contributed by atoms with van der Waals surface area (Å²) in [5.74, 6) is 1.06. The van der Waals surface area contributed by atoms with Crippen molar-refractivity contribution in [3.05, 3.63) is 47.8 Å². The number of hydrogen-bond acceptors (Lipinski definition) is 6. The number of nitrogens with two attached hydrogens (primary N) is 1. The fraction of sp³-hybridized carbons (Fsp3) is 0.478. The number of hydrogen-bond donors (Lipinski definition) is 2. The van der Waals surface area contributed by atoms with E-state index in [2.05, 4.69) is 15.0 Å². The second kappa shape index (κ2) is 11.9. The zero-order valence-corrected chi connectivity index (χ0v) is 19.1. The van der Waals surface area contributed by atoms with Crippen molar-refractivity contribution in [1.82, 2.24) is 15.0 Å². The summed E-state index contributed by atoms with van der Waals surface area (Å²) in [5.41, 5.74) is 8.89. The first kappa shape index (κ1) is 23.4. The average molecular weight is 445 g/mol. The van der Waals surface area contributed by atoms with Gasteiger partial charge in [-0.25, -0.2) is 4.98 Å². The Hall–Kier alpha value is -2.29. The summed E-state index contributed by atoms with van der Waals surface area (Å²) in [7, 11) is 0.371. The quantitative estimate of drug-likeness (QED) is 0.511. The molecule has 1 atom stereocenters. The van der Waals surface area contributed by atoms with Crippen LogP contribution in [0.15, 0.2) is 41.7 Å². The maximum Gasteiger partial charge on any atom is 0.197 e. The van der Waals surface area contributed by atoms with E-state index in [1.54, 1.807) is 13.3 Å². The number of aromatic nitrogens is 3. The average Bonchev–Trinajstić information content (AvgIpc) is 3.43. The van der Waals surface area contributed by atoms with E-state index in [1.807, 2.05) is 37.3 Å². The van der Waals surface area contributed by atoms with Crippen molar-refractivity contribution in [1.29, 1.82) is 0 Å². The molecular formula is C23H32N4O3S. The molecule has 168 valence electrons. The Morgan fingerprint density at radius 3 is 2.65 bits per heavy atom. The Kier molecular flexibility index (Phi) is 8.99.